The van der Waals surface area contributed by atoms with Gasteiger partial charge >= 0.3 is 6.03 Å². The molecule has 2 amide bonds. The molecule has 5 nitrogen and oxygen atoms in total. The Morgan fingerprint density at radius 2 is 1.62 bits per heavy atom. The molecule has 0 saturated heterocycles. The zero-order valence-corrected chi connectivity index (χ0v) is 14.2. The molecule has 0 spiro atoms. The molecule has 0 aliphatic rings. The lowest BCUT2D eigenvalue weighted by atomic mass is 10.1. The average Bonchev–Trinajstić information content (AvgIpc) is 2.60. The van der Waals surface area contributed by atoms with Crippen LogP contribution in [0.25, 0.3) is 0 Å². The number of anilines is 1. The minimum absolute atomic E-state index is 0.210. The Bertz CT molecular complexity index is 682. The maximum atomic E-state index is 13.0. The van der Waals surface area contributed by atoms with E-state index in [1.807, 2.05) is 6.92 Å². The molecule has 0 bridgehead atoms. The minimum Gasteiger partial charge on any atom is -0.497 e. The van der Waals surface area contributed by atoms with Crippen LogP contribution in [0.3, 0.4) is 0 Å². The van der Waals surface area contributed by atoms with E-state index < -0.39 is 0 Å². The first-order valence-corrected chi connectivity index (χ1v) is 7.47. The number of carbonyl (C=O) groups excluding carboxylic acids is 1. The Labute approximate surface area is 141 Å². The van der Waals surface area contributed by atoms with Gasteiger partial charge in [0, 0.05) is 30.9 Å². The maximum Gasteiger partial charge on any atom is 0.322 e. The summed E-state index contributed by atoms with van der Waals surface area (Å²) in [6.07, 6.45) is 0. The Morgan fingerprint density at radius 1 is 1.08 bits per heavy atom. The average molecular weight is 332 g/mol. The molecule has 1 unspecified atom stereocenters. The number of nitrogens with zero attached hydrogens (tertiary/aromatic N) is 1. The second kappa shape index (κ2) is 7.68. The summed E-state index contributed by atoms with van der Waals surface area (Å²) in [5.41, 5.74) is 1.41. The number of nitrogens with one attached hydrogen (secondary N) is 1. The van der Waals surface area contributed by atoms with Crippen molar-refractivity contribution in [1.29, 1.82) is 0 Å². The zero-order chi connectivity index (χ0) is 17.7. The van der Waals surface area contributed by atoms with E-state index in [4.69, 9.17) is 9.47 Å². The van der Waals surface area contributed by atoms with Crippen LogP contribution in [0.1, 0.15) is 18.5 Å². The first kappa shape index (κ1) is 17.6. The standard InChI is InChI=1S/C18H21FN2O3/c1-12(13-5-7-14(19)8-6-13)21(2)18(22)20-15-9-16(23-3)11-17(10-15)24-4/h5-12H,1-4H3,(H,20,22). The largest absolute Gasteiger partial charge is 0.497 e. The number of ether oxygens (including phenoxy) is 2. The van der Waals surface area contributed by atoms with E-state index >= 15 is 0 Å². The Kier molecular flexibility index (Phi) is 5.63. The summed E-state index contributed by atoms with van der Waals surface area (Å²) in [7, 11) is 4.77. The number of benzene rings is 2. The van der Waals surface area contributed by atoms with Crippen LogP contribution < -0.4 is 14.8 Å². The van der Waals surface area contributed by atoms with E-state index in [2.05, 4.69) is 5.32 Å². The van der Waals surface area contributed by atoms with Gasteiger partial charge in [-0.3, -0.25) is 0 Å². The normalized spacial score (nSPS) is 11.5. The van der Waals surface area contributed by atoms with Crippen molar-refractivity contribution in [3.8, 4) is 11.5 Å². The quantitative estimate of drug-likeness (QED) is 0.898. The predicted molar refractivity (Wildman–Crippen MR) is 91.1 cm³/mol. The molecular weight excluding hydrogens is 311 g/mol. The fourth-order valence-electron chi connectivity index (χ4n) is 2.23. The second-order valence-electron chi connectivity index (χ2n) is 5.37. The zero-order valence-electron chi connectivity index (χ0n) is 14.2. The minimum atomic E-state index is -0.304. The van der Waals surface area contributed by atoms with Crippen LogP contribution in [0.15, 0.2) is 42.5 Å². The lowest BCUT2D eigenvalue weighted by Gasteiger charge is -2.25. The van der Waals surface area contributed by atoms with Gasteiger partial charge in [0.25, 0.3) is 0 Å². The van der Waals surface area contributed by atoms with Gasteiger partial charge < -0.3 is 19.7 Å². The Hall–Kier alpha value is -2.76. The fraction of sp³-hybridized carbons (Fsp3) is 0.278. The first-order chi connectivity index (χ1) is 11.4. The van der Waals surface area contributed by atoms with Crippen molar-refractivity contribution in [3.63, 3.8) is 0 Å². The van der Waals surface area contributed by atoms with Crippen molar-refractivity contribution in [2.45, 2.75) is 13.0 Å². The van der Waals surface area contributed by atoms with E-state index in [1.54, 1.807) is 56.5 Å². The topological polar surface area (TPSA) is 50.8 Å². The van der Waals surface area contributed by atoms with Gasteiger partial charge in [-0.05, 0) is 24.6 Å². The molecule has 2 rings (SSSR count). The van der Waals surface area contributed by atoms with Gasteiger partial charge in [0.05, 0.1) is 20.3 Å². The van der Waals surface area contributed by atoms with Gasteiger partial charge in [-0.2, -0.15) is 0 Å². The van der Waals surface area contributed by atoms with Crippen LogP contribution >= 0.6 is 0 Å². The molecular formula is C18H21FN2O3. The second-order valence-corrected chi connectivity index (χ2v) is 5.37. The number of hydrogen-bond acceptors (Lipinski definition) is 3. The number of urea groups is 1. The predicted octanol–water partition coefficient (Wildman–Crippen LogP) is 4.07. The van der Waals surface area contributed by atoms with Crippen molar-refractivity contribution in [2.24, 2.45) is 0 Å². The Morgan fingerprint density at radius 3 is 2.12 bits per heavy atom. The fourth-order valence-corrected chi connectivity index (χ4v) is 2.23. The molecule has 0 aliphatic carbocycles. The molecule has 2 aromatic carbocycles. The van der Waals surface area contributed by atoms with Crippen molar-refractivity contribution >= 4 is 11.7 Å². The van der Waals surface area contributed by atoms with Crippen LogP contribution in [-0.2, 0) is 0 Å². The van der Waals surface area contributed by atoms with Gasteiger partial charge in [-0.1, -0.05) is 12.1 Å². The van der Waals surface area contributed by atoms with Crippen molar-refractivity contribution in [2.75, 3.05) is 26.6 Å². The van der Waals surface area contributed by atoms with E-state index in [-0.39, 0.29) is 17.9 Å². The van der Waals surface area contributed by atoms with Crippen molar-refractivity contribution in [1.82, 2.24) is 4.90 Å². The molecule has 24 heavy (non-hydrogen) atoms. The summed E-state index contributed by atoms with van der Waals surface area (Å²) in [5, 5.41) is 2.81. The van der Waals surface area contributed by atoms with Crippen molar-refractivity contribution < 1.29 is 18.7 Å². The third kappa shape index (κ3) is 4.16. The third-order valence-corrected chi connectivity index (χ3v) is 3.86. The van der Waals surface area contributed by atoms with E-state index in [0.717, 1.165) is 5.56 Å². The lowest BCUT2D eigenvalue weighted by molar-refractivity contribution is 0.208. The molecule has 2 aromatic rings. The summed E-state index contributed by atoms with van der Waals surface area (Å²) in [6, 6.07) is 10.7. The molecule has 128 valence electrons. The number of rotatable bonds is 5. The lowest BCUT2D eigenvalue weighted by Crippen LogP contribution is -2.33. The smallest absolute Gasteiger partial charge is 0.322 e. The molecule has 0 heterocycles. The highest BCUT2D eigenvalue weighted by atomic mass is 19.1. The van der Waals surface area contributed by atoms with Gasteiger partial charge in [0.1, 0.15) is 17.3 Å². The van der Waals surface area contributed by atoms with Crippen LogP contribution in [0.4, 0.5) is 14.9 Å². The van der Waals surface area contributed by atoms with E-state index in [1.165, 1.54) is 12.1 Å². The SMILES string of the molecule is COc1cc(NC(=O)N(C)C(C)c2ccc(F)cc2)cc(OC)c1. The summed E-state index contributed by atoms with van der Waals surface area (Å²) in [5.74, 6) is 0.860. The molecule has 0 radical (unpaired) electrons. The molecule has 1 atom stereocenters. The summed E-state index contributed by atoms with van der Waals surface area (Å²) >= 11 is 0. The highest BCUT2D eigenvalue weighted by Gasteiger charge is 2.18. The van der Waals surface area contributed by atoms with Crippen LogP contribution in [-0.4, -0.2) is 32.2 Å². The summed E-state index contributed by atoms with van der Waals surface area (Å²) in [4.78, 5) is 14.0. The number of hydrogen-bond donors (Lipinski definition) is 1. The number of halogens is 1. The number of amides is 2. The molecule has 0 aliphatic heterocycles. The third-order valence-electron chi connectivity index (χ3n) is 3.86. The highest BCUT2D eigenvalue weighted by Crippen LogP contribution is 2.27. The monoisotopic (exact) mass is 332 g/mol. The van der Waals surface area contributed by atoms with Crippen LogP contribution in [0.2, 0.25) is 0 Å². The van der Waals surface area contributed by atoms with E-state index in [9.17, 15) is 9.18 Å². The maximum absolute atomic E-state index is 13.0. The molecule has 6 heteroatoms. The molecule has 0 fully saturated rings. The number of carbonyl (C=O) groups is 1. The highest BCUT2D eigenvalue weighted by molar-refractivity contribution is 5.90. The van der Waals surface area contributed by atoms with Gasteiger partial charge in [-0.15, -0.1) is 0 Å². The summed E-state index contributed by atoms with van der Waals surface area (Å²) in [6.45, 7) is 1.87. The van der Waals surface area contributed by atoms with Crippen LogP contribution in [0, 0.1) is 5.82 Å². The van der Waals surface area contributed by atoms with Crippen LogP contribution in [0.5, 0.6) is 11.5 Å². The van der Waals surface area contributed by atoms with E-state index in [0.29, 0.717) is 17.2 Å². The van der Waals surface area contributed by atoms with Gasteiger partial charge in [-0.25, -0.2) is 9.18 Å². The number of methoxy groups -OCH3 is 2. The Balaban J connectivity index is 2.12. The molecule has 1 N–H and O–H groups in total. The van der Waals surface area contributed by atoms with Gasteiger partial charge in [0.2, 0.25) is 0 Å². The summed E-state index contributed by atoms with van der Waals surface area (Å²) < 4.78 is 23.4. The van der Waals surface area contributed by atoms with Gasteiger partial charge in [0.15, 0.2) is 0 Å². The molecule has 0 saturated carbocycles. The molecule has 0 aromatic heterocycles. The first-order valence-electron chi connectivity index (χ1n) is 7.47. The van der Waals surface area contributed by atoms with Crippen molar-refractivity contribution in [3.05, 3.63) is 53.8 Å².